The Morgan fingerprint density at radius 1 is 1.07 bits per heavy atom. The third-order valence-corrected chi connectivity index (χ3v) is 9.35. The molecule has 0 amide bonds. The number of sulfone groups is 1. The highest BCUT2D eigenvalue weighted by Gasteiger charge is 2.32. The Hall–Kier alpha value is -3.40. The third kappa shape index (κ3) is 7.58. The van der Waals surface area contributed by atoms with Gasteiger partial charge in [0.1, 0.15) is 12.3 Å². The number of hydrogen-bond donors (Lipinski definition) is 3. The number of anilines is 2. The van der Waals surface area contributed by atoms with Crippen molar-refractivity contribution in [3.05, 3.63) is 48.2 Å². The smallest absolute Gasteiger partial charge is 0.406 e. The van der Waals surface area contributed by atoms with Crippen molar-refractivity contribution < 1.29 is 31.4 Å². The van der Waals surface area contributed by atoms with Crippen molar-refractivity contribution in [3.8, 4) is 17.6 Å². The van der Waals surface area contributed by atoms with Gasteiger partial charge in [-0.1, -0.05) is 12.0 Å². The van der Waals surface area contributed by atoms with Crippen LogP contribution in [0.1, 0.15) is 37.8 Å². The molecule has 0 unspecified atom stereocenters. The minimum Gasteiger partial charge on any atom is -0.495 e. The van der Waals surface area contributed by atoms with E-state index in [1.54, 1.807) is 24.3 Å². The van der Waals surface area contributed by atoms with E-state index in [0.29, 0.717) is 28.4 Å². The number of aliphatic hydroxyl groups is 1. The number of halogens is 3. The fraction of sp³-hybridized carbons (Fsp3) is 0.484. The molecular formula is C31H37F3N4O4S. The zero-order valence-electron chi connectivity index (χ0n) is 24.2. The predicted molar refractivity (Wildman–Crippen MR) is 161 cm³/mol. The van der Waals surface area contributed by atoms with Gasteiger partial charge in [-0.25, -0.2) is 8.42 Å². The Kier molecular flexibility index (Phi) is 9.15. The van der Waals surface area contributed by atoms with Gasteiger partial charge in [-0.15, -0.1) is 0 Å². The molecule has 5 rings (SSSR count). The summed E-state index contributed by atoms with van der Waals surface area (Å²) in [6.07, 6.45) is 1.19. The van der Waals surface area contributed by atoms with Gasteiger partial charge in [-0.05, 0) is 68.4 Å². The number of fused-ring (bicyclic) bond motifs is 1. The zero-order chi connectivity index (χ0) is 30.8. The van der Waals surface area contributed by atoms with E-state index in [4.69, 9.17) is 4.74 Å². The van der Waals surface area contributed by atoms with Crippen molar-refractivity contribution >= 4 is 32.1 Å². The molecule has 1 atom stereocenters. The number of rotatable bonds is 8. The van der Waals surface area contributed by atoms with Gasteiger partial charge in [0.15, 0.2) is 9.84 Å². The molecule has 1 aliphatic heterocycles. The molecule has 2 aliphatic rings. The lowest BCUT2D eigenvalue weighted by Crippen LogP contribution is -2.39. The molecule has 3 aromatic rings. The largest absolute Gasteiger partial charge is 0.495 e. The summed E-state index contributed by atoms with van der Waals surface area (Å²) < 4.78 is 71.1. The molecule has 2 heterocycles. The average molecular weight is 619 g/mol. The molecule has 0 spiro atoms. The Bertz CT molecular complexity index is 1620. The quantitative estimate of drug-likeness (QED) is 0.310. The fourth-order valence-electron chi connectivity index (χ4n) is 6.09. The zero-order valence-corrected chi connectivity index (χ0v) is 25.1. The summed E-state index contributed by atoms with van der Waals surface area (Å²) in [7, 11) is -1.99. The molecule has 0 bridgehead atoms. The van der Waals surface area contributed by atoms with Crippen LogP contribution in [-0.2, 0) is 16.4 Å². The molecule has 1 aromatic heterocycles. The normalized spacial score (nSPS) is 21.4. The molecule has 232 valence electrons. The predicted octanol–water partition coefficient (Wildman–Crippen LogP) is 4.87. The number of ether oxygens (including phenoxy) is 1. The SMILES string of the molecule is COc1cc(S(C)(=O)=O)ccc1NCC#Cc1cc2c(N[C@H]3CC[C@@H](N4CC[C@@H](O)C4)CC3)cccc2n1CC(F)(F)F. The van der Waals surface area contributed by atoms with E-state index in [9.17, 15) is 26.7 Å². The summed E-state index contributed by atoms with van der Waals surface area (Å²) in [5.74, 6) is 6.12. The number of aromatic nitrogens is 1. The number of alkyl halides is 3. The number of methoxy groups -OCH3 is 1. The van der Waals surface area contributed by atoms with Gasteiger partial charge >= 0.3 is 6.18 Å². The average Bonchev–Trinajstić information content (AvgIpc) is 3.54. The van der Waals surface area contributed by atoms with Gasteiger partial charge in [0.2, 0.25) is 0 Å². The van der Waals surface area contributed by atoms with Gasteiger partial charge in [0.25, 0.3) is 0 Å². The van der Waals surface area contributed by atoms with Crippen LogP contribution in [0.5, 0.6) is 5.75 Å². The second kappa shape index (κ2) is 12.7. The van der Waals surface area contributed by atoms with Crippen LogP contribution in [0.3, 0.4) is 0 Å². The Morgan fingerprint density at radius 2 is 1.84 bits per heavy atom. The van der Waals surface area contributed by atoms with E-state index in [2.05, 4.69) is 27.4 Å². The Labute approximate surface area is 250 Å². The van der Waals surface area contributed by atoms with Crippen molar-refractivity contribution in [3.63, 3.8) is 0 Å². The molecule has 1 aliphatic carbocycles. The molecule has 43 heavy (non-hydrogen) atoms. The Balaban J connectivity index is 1.33. The highest BCUT2D eigenvalue weighted by molar-refractivity contribution is 7.90. The maximum Gasteiger partial charge on any atom is 0.406 e. The van der Waals surface area contributed by atoms with E-state index in [1.807, 2.05) is 6.07 Å². The number of β-amino-alcohol motifs (C(OH)–C–C–N with tert-alkyl or cyclic N) is 1. The monoisotopic (exact) mass is 618 g/mol. The lowest BCUT2D eigenvalue weighted by molar-refractivity contribution is -0.140. The van der Waals surface area contributed by atoms with Crippen LogP contribution in [0.2, 0.25) is 0 Å². The number of likely N-dealkylation sites (tertiary alicyclic amines) is 1. The van der Waals surface area contributed by atoms with Gasteiger partial charge in [-0.3, -0.25) is 4.90 Å². The summed E-state index contributed by atoms with van der Waals surface area (Å²) in [6.45, 7) is 0.602. The van der Waals surface area contributed by atoms with Gasteiger partial charge < -0.3 is 25.0 Å². The van der Waals surface area contributed by atoms with Crippen molar-refractivity contribution in [2.75, 3.05) is 43.6 Å². The van der Waals surface area contributed by atoms with Gasteiger partial charge in [0.05, 0.1) is 41.6 Å². The summed E-state index contributed by atoms with van der Waals surface area (Å²) in [4.78, 5) is 2.49. The molecule has 1 saturated heterocycles. The molecule has 3 N–H and O–H groups in total. The van der Waals surface area contributed by atoms with Crippen LogP contribution < -0.4 is 15.4 Å². The summed E-state index contributed by atoms with van der Waals surface area (Å²) in [6, 6.07) is 12.1. The second-order valence-corrected chi connectivity index (χ2v) is 13.4. The highest BCUT2D eigenvalue weighted by atomic mass is 32.2. The van der Waals surface area contributed by atoms with E-state index < -0.39 is 22.6 Å². The number of benzene rings is 2. The maximum atomic E-state index is 13.6. The molecule has 8 nitrogen and oxygen atoms in total. The summed E-state index contributed by atoms with van der Waals surface area (Å²) in [5.41, 5.74) is 2.01. The van der Waals surface area contributed by atoms with E-state index >= 15 is 0 Å². The first-order valence-electron chi connectivity index (χ1n) is 14.4. The highest BCUT2D eigenvalue weighted by Crippen LogP contribution is 2.33. The van der Waals surface area contributed by atoms with Crippen LogP contribution in [0.25, 0.3) is 10.9 Å². The fourth-order valence-corrected chi connectivity index (χ4v) is 6.73. The van der Waals surface area contributed by atoms with Crippen molar-refractivity contribution in [1.29, 1.82) is 0 Å². The van der Waals surface area contributed by atoms with E-state index in [-0.39, 0.29) is 29.3 Å². The van der Waals surface area contributed by atoms with Crippen LogP contribution in [0.4, 0.5) is 24.5 Å². The number of hydrogen-bond acceptors (Lipinski definition) is 7. The van der Waals surface area contributed by atoms with Crippen LogP contribution in [-0.4, -0.2) is 80.4 Å². The van der Waals surface area contributed by atoms with E-state index in [1.165, 1.54) is 23.8 Å². The standard InChI is InChI=1S/C31H37F3N4O4S/c1-42-30-18-25(43(2,40)41)12-13-28(30)35-15-4-5-23-17-26-27(6-3-7-29(26)38(23)20-31(32,33)34)36-21-8-10-22(11-9-21)37-16-14-24(39)19-37/h3,6-7,12-13,17-18,21-22,24,35-36,39H,8-11,14-16,19-20H2,1-2H3/t21-,22+,24-/m1/s1. The first kappa shape index (κ1) is 31.0. The third-order valence-electron chi connectivity index (χ3n) is 8.24. The van der Waals surface area contributed by atoms with Crippen LogP contribution >= 0.6 is 0 Å². The Morgan fingerprint density at radius 3 is 2.49 bits per heavy atom. The number of nitrogens with zero attached hydrogens (tertiary/aromatic N) is 2. The summed E-state index contributed by atoms with van der Waals surface area (Å²) in [5, 5.41) is 17.2. The molecule has 1 saturated carbocycles. The molecule has 2 aromatic carbocycles. The summed E-state index contributed by atoms with van der Waals surface area (Å²) >= 11 is 0. The molecule has 0 radical (unpaired) electrons. The van der Waals surface area contributed by atoms with Crippen LogP contribution in [0.15, 0.2) is 47.4 Å². The lowest BCUT2D eigenvalue weighted by Gasteiger charge is -2.35. The first-order valence-corrected chi connectivity index (χ1v) is 16.3. The van der Waals surface area contributed by atoms with Crippen LogP contribution in [0, 0.1) is 11.8 Å². The molecular weight excluding hydrogens is 581 g/mol. The van der Waals surface area contributed by atoms with Crippen molar-refractivity contribution in [1.82, 2.24) is 9.47 Å². The van der Waals surface area contributed by atoms with Gasteiger partial charge in [0, 0.05) is 48.6 Å². The van der Waals surface area contributed by atoms with Crippen molar-refractivity contribution in [2.45, 2.75) is 67.9 Å². The topological polar surface area (TPSA) is 95.8 Å². The van der Waals surface area contributed by atoms with Crippen molar-refractivity contribution in [2.24, 2.45) is 0 Å². The molecule has 2 fully saturated rings. The van der Waals surface area contributed by atoms with E-state index in [0.717, 1.165) is 57.1 Å². The minimum atomic E-state index is -4.43. The minimum absolute atomic E-state index is 0.102. The number of nitrogens with one attached hydrogen (secondary N) is 2. The second-order valence-electron chi connectivity index (χ2n) is 11.3. The maximum absolute atomic E-state index is 13.6. The number of aliphatic hydroxyl groups excluding tert-OH is 1. The lowest BCUT2D eigenvalue weighted by atomic mass is 9.90. The van der Waals surface area contributed by atoms with Gasteiger partial charge in [-0.2, -0.15) is 13.2 Å². The first-order chi connectivity index (χ1) is 20.4. The molecule has 12 heteroatoms.